The number of halogens is 1. The Balaban J connectivity index is 2.51. The molecular formula is C16H20FN3O9. The lowest BCUT2D eigenvalue weighted by Crippen LogP contribution is -2.63. The number of aromatic nitrogens is 2. The Morgan fingerprint density at radius 3 is 2.28 bits per heavy atom. The van der Waals surface area contributed by atoms with Crippen molar-refractivity contribution in [1.82, 2.24) is 9.55 Å². The lowest BCUT2D eigenvalue weighted by Gasteiger charge is -2.44. The second-order valence-corrected chi connectivity index (χ2v) is 6.24. The summed E-state index contributed by atoms with van der Waals surface area (Å²) in [4.78, 5) is 59.4. The predicted molar refractivity (Wildman–Crippen MR) is 90.9 cm³/mol. The largest absolute Gasteiger partial charge is 0.463 e. The number of nitrogens with zero attached hydrogens (tertiary/aromatic N) is 1. The van der Waals surface area contributed by atoms with Crippen LogP contribution in [-0.2, 0) is 33.3 Å². The van der Waals surface area contributed by atoms with Gasteiger partial charge < -0.3 is 24.7 Å². The molecular weight excluding hydrogens is 397 g/mol. The lowest BCUT2D eigenvalue weighted by molar-refractivity contribution is -0.234. The van der Waals surface area contributed by atoms with Gasteiger partial charge >= 0.3 is 23.6 Å². The fourth-order valence-corrected chi connectivity index (χ4v) is 2.85. The van der Waals surface area contributed by atoms with E-state index in [4.69, 9.17) is 24.7 Å². The molecule has 13 heteroatoms. The summed E-state index contributed by atoms with van der Waals surface area (Å²) in [5, 5.41) is 0. The molecule has 0 unspecified atom stereocenters. The third kappa shape index (κ3) is 5.26. The van der Waals surface area contributed by atoms with Gasteiger partial charge in [-0.15, -0.1) is 0 Å². The number of hydrogen-bond acceptors (Lipinski definition) is 10. The van der Waals surface area contributed by atoms with Gasteiger partial charge in [0.1, 0.15) is 12.7 Å². The van der Waals surface area contributed by atoms with Crippen LogP contribution in [0, 0.1) is 5.82 Å². The molecule has 0 radical (unpaired) electrons. The Hall–Kier alpha value is -3.06. The maximum atomic E-state index is 13.7. The van der Waals surface area contributed by atoms with Crippen LogP contribution in [0.25, 0.3) is 0 Å². The first kappa shape index (κ1) is 22.2. The Kier molecular flexibility index (Phi) is 6.87. The molecule has 3 N–H and O–H groups in total. The molecule has 0 aliphatic carbocycles. The van der Waals surface area contributed by atoms with Crippen molar-refractivity contribution in [3.05, 3.63) is 32.9 Å². The molecule has 1 fully saturated rings. The molecule has 1 saturated heterocycles. The van der Waals surface area contributed by atoms with Gasteiger partial charge in [-0.25, -0.2) is 4.79 Å². The van der Waals surface area contributed by atoms with E-state index < -0.39 is 72.2 Å². The summed E-state index contributed by atoms with van der Waals surface area (Å²) in [6.45, 7) is 2.84. The first-order valence-corrected chi connectivity index (χ1v) is 8.41. The predicted octanol–water partition coefficient (Wildman–Crippen LogP) is -1.67. The van der Waals surface area contributed by atoms with Gasteiger partial charge in [-0.1, -0.05) is 0 Å². The number of H-pyrrole nitrogens is 1. The molecule has 160 valence electrons. The van der Waals surface area contributed by atoms with E-state index in [-0.39, 0.29) is 0 Å². The fraction of sp³-hybridized carbons (Fsp3) is 0.562. The Bertz CT molecular complexity index is 912. The van der Waals surface area contributed by atoms with Gasteiger partial charge in [-0.2, -0.15) is 4.39 Å². The van der Waals surface area contributed by atoms with Crippen molar-refractivity contribution in [2.75, 3.05) is 6.61 Å². The molecule has 2 rings (SSSR count). The normalized spacial score (nSPS) is 26.4. The van der Waals surface area contributed by atoms with Crippen LogP contribution in [0.2, 0.25) is 0 Å². The molecule has 29 heavy (non-hydrogen) atoms. The minimum Gasteiger partial charge on any atom is -0.463 e. The molecule has 2 heterocycles. The third-order valence-electron chi connectivity index (χ3n) is 3.97. The number of hydrogen-bond donors (Lipinski definition) is 2. The van der Waals surface area contributed by atoms with E-state index in [9.17, 15) is 28.4 Å². The zero-order valence-electron chi connectivity index (χ0n) is 15.7. The summed E-state index contributed by atoms with van der Waals surface area (Å²) < 4.78 is 35.2. The van der Waals surface area contributed by atoms with Crippen LogP contribution >= 0.6 is 0 Å². The monoisotopic (exact) mass is 417 g/mol. The van der Waals surface area contributed by atoms with Crippen LogP contribution in [-0.4, -0.2) is 58.4 Å². The standard InChI is InChI=1S/C16H20FN3O9/c1-6(21)26-5-10-12(27-7(2)22)13(28-8(3)23)11(18)15(29-10)20-4-9(17)14(24)19-16(20)25/h4,10-13,15H,5,18H2,1-3H3,(H,19,24,25)/t10-,11-,12+,13+,15+/m0/s1. The SMILES string of the molecule is CC(=O)OC[C@@H]1O[C@@H](n2cc(F)c(=O)[nH]c2=O)[C@@H](N)[C@@H](OC(C)=O)[C@@H]1OC(C)=O. The van der Waals surface area contributed by atoms with Gasteiger partial charge in [0.25, 0.3) is 5.56 Å². The minimum absolute atomic E-state index is 0.450. The van der Waals surface area contributed by atoms with E-state index >= 15 is 0 Å². The average Bonchev–Trinajstić information content (AvgIpc) is 2.60. The number of aromatic amines is 1. The van der Waals surface area contributed by atoms with E-state index in [2.05, 4.69) is 0 Å². The number of esters is 3. The molecule has 12 nitrogen and oxygen atoms in total. The number of carbonyl (C=O) groups excluding carboxylic acids is 3. The van der Waals surface area contributed by atoms with Crippen molar-refractivity contribution in [1.29, 1.82) is 0 Å². The lowest BCUT2D eigenvalue weighted by atomic mass is 9.96. The van der Waals surface area contributed by atoms with Crippen LogP contribution in [0.4, 0.5) is 4.39 Å². The molecule has 0 spiro atoms. The van der Waals surface area contributed by atoms with Crippen molar-refractivity contribution < 1.29 is 37.7 Å². The molecule has 0 amide bonds. The van der Waals surface area contributed by atoms with Crippen molar-refractivity contribution in [2.24, 2.45) is 5.73 Å². The van der Waals surface area contributed by atoms with Gasteiger partial charge in [-0.3, -0.25) is 28.7 Å². The summed E-state index contributed by atoms with van der Waals surface area (Å²) >= 11 is 0. The Morgan fingerprint density at radius 1 is 1.14 bits per heavy atom. The first-order valence-electron chi connectivity index (χ1n) is 8.41. The molecule has 0 aromatic carbocycles. The highest BCUT2D eigenvalue weighted by Gasteiger charge is 2.49. The maximum absolute atomic E-state index is 13.7. The Labute approximate surface area is 162 Å². The highest BCUT2D eigenvalue weighted by molar-refractivity contribution is 5.67. The zero-order chi connectivity index (χ0) is 21.9. The smallest absolute Gasteiger partial charge is 0.330 e. The average molecular weight is 417 g/mol. The highest BCUT2D eigenvalue weighted by Crippen LogP contribution is 2.30. The molecule has 0 saturated carbocycles. The third-order valence-corrected chi connectivity index (χ3v) is 3.97. The summed E-state index contributed by atoms with van der Waals surface area (Å²) in [5.74, 6) is -3.52. The van der Waals surface area contributed by atoms with Gasteiger partial charge in [-0.05, 0) is 0 Å². The number of ether oxygens (including phenoxy) is 4. The van der Waals surface area contributed by atoms with Gasteiger partial charge in [0, 0.05) is 20.8 Å². The molecule has 5 atom stereocenters. The van der Waals surface area contributed by atoms with E-state index in [1.807, 2.05) is 0 Å². The summed E-state index contributed by atoms with van der Waals surface area (Å²) in [6.07, 6.45) is -4.72. The number of nitrogens with two attached hydrogens (primary N) is 1. The van der Waals surface area contributed by atoms with Crippen LogP contribution in [0.5, 0.6) is 0 Å². The molecule has 0 bridgehead atoms. The second-order valence-electron chi connectivity index (χ2n) is 6.24. The number of carbonyl (C=O) groups is 3. The number of rotatable bonds is 5. The second kappa shape index (κ2) is 8.96. The fourth-order valence-electron chi connectivity index (χ4n) is 2.85. The van der Waals surface area contributed by atoms with Gasteiger partial charge in [0.05, 0.1) is 12.2 Å². The van der Waals surface area contributed by atoms with Crippen molar-refractivity contribution in [3.8, 4) is 0 Å². The van der Waals surface area contributed by atoms with E-state index in [1.165, 1.54) is 0 Å². The first-order chi connectivity index (χ1) is 13.5. The van der Waals surface area contributed by atoms with Crippen LogP contribution in [0.15, 0.2) is 15.8 Å². The Morgan fingerprint density at radius 2 is 1.72 bits per heavy atom. The maximum Gasteiger partial charge on any atom is 0.330 e. The molecule has 1 aliphatic heterocycles. The van der Waals surface area contributed by atoms with Crippen molar-refractivity contribution in [2.45, 2.75) is 51.4 Å². The van der Waals surface area contributed by atoms with E-state index in [0.717, 1.165) is 20.8 Å². The zero-order valence-corrected chi connectivity index (χ0v) is 15.7. The van der Waals surface area contributed by atoms with E-state index in [1.54, 1.807) is 4.98 Å². The number of nitrogens with one attached hydrogen (secondary N) is 1. The topological polar surface area (TPSA) is 169 Å². The van der Waals surface area contributed by atoms with Gasteiger partial charge in [0.2, 0.25) is 5.82 Å². The van der Waals surface area contributed by atoms with E-state index in [0.29, 0.717) is 10.8 Å². The van der Waals surface area contributed by atoms with Crippen molar-refractivity contribution in [3.63, 3.8) is 0 Å². The molecule has 1 aliphatic rings. The van der Waals surface area contributed by atoms with Crippen LogP contribution < -0.4 is 17.0 Å². The highest BCUT2D eigenvalue weighted by atomic mass is 19.1. The summed E-state index contributed by atoms with van der Waals surface area (Å²) in [7, 11) is 0. The van der Waals surface area contributed by atoms with Crippen molar-refractivity contribution >= 4 is 17.9 Å². The molecule has 1 aromatic heterocycles. The van der Waals surface area contributed by atoms with Crippen LogP contribution in [0.1, 0.15) is 27.0 Å². The summed E-state index contributed by atoms with van der Waals surface area (Å²) in [6, 6.07) is -1.32. The summed E-state index contributed by atoms with van der Waals surface area (Å²) in [5.41, 5.74) is 3.77. The van der Waals surface area contributed by atoms with Gasteiger partial charge in [0.15, 0.2) is 18.4 Å². The molecule has 1 aromatic rings. The quantitative estimate of drug-likeness (QED) is 0.417. The minimum atomic E-state index is -1.45. The van der Waals surface area contributed by atoms with Crippen LogP contribution in [0.3, 0.4) is 0 Å².